The highest BCUT2D eigenvalue weighted by molar-refractivity contribution is 5.98. The maximum atomic E-state index is 14.4. The van der Waals surface area contributed by atoms with Gasteiger partial charge in [0.15, 0.2) is 0 Å². The number of hydrogen-bond donors (Lipinski definition) is 0. The molecule has 0 aliphatic carbocycles. The summed E-state index contributed by atoms with van der Waals surface area (Å²) >= 11 is 0. The van der Waals surface area contributed by atoms with E-state index in [0.29, 0.717) is 12.1 Å². The molecule has 114 valence electrons. The lowest BCUT2D eigenvalue weighted by Gasteiger charge is -2.16. The van der Waals surface area contributed by atoms with Crippen LogP contribution in [0.4, 0.5) is 4.39 Å². The number of nitrogens with zero attached hydrogens (tertiary/aromatic N) is 2. The number of aromatic nitrogens is 1. The molecule has 23 heavy (non-hydrogen) atoms. The number of halogens is 1. The summed E-state index contributed by atoms with van der Waals surface area (Å²) in [6, 6.07) is 16.4. The summed E-state index contributed by atoms with van der Waals surface area (Å²) in [4.78, 5) is 14.0. The maximum absolute atomic E-state index is 14.4. The van der Waals surface area contributed by atoms with Crippen molar-refractivity contribution in [3.05, 3.63) is 89.5 Å². The van der Waals surface area contributed by atoms with Gasteiger partial charge in [-0.3, -0.25) is 4.79 Å². The van der Waals surface area contributed by atoms with E-state index in [1.807, 2.05) is 59.4 Å². The van der Waals surface area contributed by atoms with Gasteiger partial charge in [-0.2, -0.15) is 0 Å². The molecular weight excluding hydrogens is 291 g/mol. The average Bonchev–Trinajstić information content (AvgIpc) is 3.19. The molecule has 4 rings (SSSR count). The molecule has 0 saturated heterocycles. The lowest BCUT2D eigenvalue weighted by atomic mass is 10.1. The van der Waals surface area contributed by atoms with E-state index in [4.69, 9.17) is 0 Å². The molecule has 1 aliphatic rings. The summed E-state index contributed by atoms with van der Waals surface area (Å²) < 4.78 is 16.3. The quantitative estimate of drug-likeness (QED) is 0.723. The van der Waals surface area contributed by atoms with Crippen molar-refractivity contribution in [3.8, 4) is 5.69 Å². The van der Waals surface area contributed by atoms with E-state index in [1.165, 1.54) is 6.07 Å². The zero-order chi connectivity index (χ0) is 15.8. The molecular formula is C19H15FN2O. The number of fused-ring (bicyclic) bond motifs is 1. The SMILES string of the molecule is O=C1c2ccccc2CN1Cc1ccc(-n2cccc2)cc1F. The third-order valence-corrected chi connectivity index (χ3v) is 4.20. The first-order valence-corrected chi connectivity index (χ1v) is 7.51. The first-order chi connectivity index (χ1) is 11.2. The molecule has 3 nitrogen and oxygen atoms in total. The number of hydrogen-bond acceptors (Lipinski definition) is 1. The van der Waals surface area contributed by atoms with E-state index in [1.54, 1.807) is 11.0 Å². The Bertz CT molecular complexity index is 871. The van der Waals surface area contributed by atoms with Gasteiger partial charge in [-0.05, 0) is 35.9 Å². The summed E-state index contributed by atoms with van der Waals surface area (Å²) in [5.41, 5.74) is 3.02. The molecule has 4 heteroatoms. The van der Waals surface area contributed by atoms with E-state index in [9.17, 15) is 9.18 Å². The summed E-state index contributed by atoms with van der Waals surface area (Å²) in [6.07, 6.45) is 3.74. The molecule has 0 bridgehead atoms. The second-order valence-electron chi connectivity index (χ2n) is 5.68. The molecule has 0 fully saturated rings. The molecule has 0 radical (unpaired) electrons. The van der Waals surface area contributed by atoms with Crippen LogP contribution in [0.3, 0.4) is 0 Å². The largest absolute Gasteiger partial charge is 0.330 e. The van der Waals surface area contributed by atoms with Crippen molar-refractivity contribution in [1.29, 1.82) is 0 Å². The van der Waals surface area contributed by atoms with E-state index >= 15 is 0 Å². The second-order valence-corrected chi connectivity index (χ2v) is 5.68. The summed E-state index contributed by atoms with van der Waals surface area (Å²) in [6.45, 7) is 0.819. The number of carbonyl (C=O) groups excluding carboxylic acids is 1. The Morgan fingerprint density at radius 1 is 1.00 bits per heavy atom. The molecule has 2 aromatic carbocycles. The van der Waals surface area contributed by atoms with Crippen molar-refractivity contribution in [2.45, 2.75) is 13.1 Å². The van der Waals surface area contributed by atoms with E-state index in [-0.39, 0.29) is 18.3 Å². The van der Waals surface area contributed by atoms with Crippen LogP contribution in [-0.4, -0.2) is 15.4 Å². The van der Waals surface area contributed by atoms with E-state index in [2.05, 4.69) is 0 Å². The van der Waals surface area contributed by atoms with Crippen LogP contribution < -0.4 is 0 Å². The minimum absolute atomic E-state index is 0.0329. The van der Waals surface area contributed by atoms with Crippen molar-refractivity contribution in [2.24, 2.45) is 0 Å². The first-order valence-electron chi connectivity index (χ1n) is 7.51. The zero-order valence-corrected chi connectivity index (χ0v) is 12.4. The minimum atomic E-state index is -0.292. The fourth-order valence-electron chi connectivity index (χ4n) is 2.98. The molecule has 0 unspecified atom stereocenters. The zero-order valence-electron chi connectivity index (χ0n) is 12.4. The van der Waals surface area contributed by atoms with Crippen LogP contribution in [0, 0.1) is 5.82 Å². The van der Waals surface area contributed by atoms with Gasteiger partial charge in [0.1, 0.15) is 5.82 Å². The van der Waals surface area contributed by atoms with Gasteiger partial charge in [-0.15, -0.1) is 0 Å². The summed E-state index contributed by atoms with van der Waals surface area (Å²) in [7, 11) is 0. The lowest BCUT2D eigenvalue weighted by Crippen LogP contribution is -2.23. The highest BCUT2D eigenvalue weighted by Crippen LogP contribution is 2.25. The highest BCUT2D eigenvalue weighted by atomic mass is 19.1. The van der Waals surface area contributed by atoms with Crippen LogP contribution in [0.5, 0.6) is 0 Å². The Hall–Kier alpha value is -2.88. The molecule has 3 aromatic rings. The van der Waals surface area contributed by atoms with Gasteiger partial charge in [-0.25, -0.2) is 4.39 Å². The van der Waals surface area contributed by atoms with E-state index < -0.39 is 0 Å². The Morgan fingerprint density at radius 2 is 1.78 bits per heavy atom. The molecule has 0 N–H and O–H groups in total. The number of amides is 1. The van der Waals surface area contributed by atoms with E-state index in [0.717, 1.165) is 16.8 Å². The molecule has 1 aromatic heterocycles. The fraction of sp³-hybridized carbons (Fsp3) is 0.105. The predicted molar refractivity (Wildman–Crippen MR) is 85.7 cm³/mol. The lowest BCUT2D eigenvalue weighted by molar-refractivity contribution is 0.0765. The Balaban J connectivity index is 1.58. The van der Waals surface area contributed by atoms with Gasteiger partial charge in [0.25, 0.3) is 5.91 Å². The van der Waals surface area contributed by atoms with Gasteiger partial charge in [-0.1, -0.05) is 24.3 Å². The van der Waals surface area contributed by atoms with Crippen LogP contribution in [0.2, 0.25) is 0 Å². The van der Waals surface area contributed by atoms with Crippen LogP contribution in [0.1, 0.15) is 21.5 Å². The Kier molecular flexibility index (Phi) is 3.23. The van der Waals surface area contributed by atoms with Crippen LogP contribution in [-0.2, 0) is 13.1 Å². The third kappa shape index (κ3) is 2.42. The number of carbonyl (C=O) groups is 1. The molecule has 2 heterocycles. The average molecular weight is 306 g/mol. The van der Waals surface area contributed by atoms with Crippen molar-refractivity contribution in [3.63, 3.8) is 0 Å². The number of rotatable bonds is 3. The van der Waals surface area contributed by atoms with Crippen molar-refractivity contribution >= 4 is 5.91 Å². The topological polar surface area (TPSA) is 25.2 Å². The minimum Gasteiger partial charge on any atom is -0.330 e. The van der Waals surface area contributed by atoms with Crippen LogP contribution in [0.25, 0.3) is 5.69 Å². The molecule has 1 aliphatic heterocycles. The normalized spacial score (nSPS) is 13.4. The van der Waals surface area contributed by atoms with Gasteiger partial charge in [0.05, 0.1) is 0 Å². The molecule has 0 saturated carbocycles. The standard InChI is InChI=1S/C19H15FN2O/c20-18-11-16(21-9-3-4-10-21)8-7-15(18)13-22-12-14-5-1-2-6-17(14)19(22)23/h1-11H,12-13H2. The first kappa shape index (κ1) is 13.8. The Labute approximate surface area is 133 Å². The molecule has 1 amide bonds. The van der Waals surface area contributed by atoms with Gasteiger partial charge in [0, 0.05) is 42.3 Å². The Morgan fingerprint density at radius 3 is 2.52 bits per heavy atom. The monoisotopic (exact) mass is 306 g/mol. The van der Waals surface area contributed by atoms with Crippen LogP contribution >= 0.6 is 0 Å². The van der Waals surface area contributed by atoms with Crippen molar-refractivity contribution < 1.29 is 9.18 Å². The maximum Gasteiger partial charge on any atom is 0.254 e. The molecule has 0 spiro atoms. The second kappa shape index (κ2) is 5.39. The number of benzene rings is 2. The van der Waals surface area contributed by atoms with Gasteiger partial charge in [0.2, 0.25) is 0 Å². The molecule has 0 atom stereocenters. The summed E-state index contributed by atoms with van der Waals surface area (Å²) in [5, 5.41) is 0. The van der Waals surface area contributed by atoms with Gasteiger partial charge < -0.3 is 9.47 Å². The third-order valence-electron chi connectivity index (χ3n) is 4.20. The fourth-order valence-corrected chi connectivity index (χ4v) is 2.98. The van der Waals surface area contributed by atoms with Crippen molar-refractivity contribution in [1.82, 2.24) is 9.47 Å². The highest BCUT2D eigenvalue weighted by Gasteiger charge is 2.27. The van der Waals surface area contributed by atoms with Gasteiger partial charge >= 0.3 is 0 Å². The smallest absolute Gasteiger partial charge is 0.254 e. The predicted octanol–water partition coefficient (Wildman–Crippen LogP) is 3.77. The van der Waals surface area contributed by atoms with Crippen LogP contribution in [0.15, 0.2) is 67.0 Å². The summed E-state index contributed by atoms with van der Waals surface area (Å²) in [5.74, 6) is -0.325. The van der Waals surface area contributed by atoms with Crippen molar-refractivity contribution in [2.75, 3.05) is 0 Å².